The van der Waals surface area contributed by atoms with Gasteiger partial charge in [-0.15, -0.1) is 0 Å². The van der Waals surface area contributed by atoms with Gasteiger partial charge in [0.2, 0.25) is 11.7 Å². The topological polar surface area (TPSA) is 63.0 Å². The lowest BCUT2D eigenvalue weighted by Crippen LogP contribution is -2.26. The van der Waals surface area contributed by atoms with E-state index in [1.165, 1.54) is 11.1 Å². The summed E-state index contributed by atoms with van der Waals surface area (Å²) in [5, 5.41) is 4.85. The number of nitrogens with one attached hydrogen (secondary N) is 2. The molecule has 2 atom stereocenters. The Morgan fingerprint density at radius 2 is 1.88 bits per heavy atom. The van der Waals surface area contributed by atoms with Crippen molar-refractivity contribution in [2.75, 3.05) is 0 Å². The van der Waals surface area contributed by atoms with Crippen molar-refractivity contribution in [3.05, 3.63) is 70.6 Å². The minimum Gasteiger partial charge on any atom is -0.337 e. The smallest absolute Gasteiger partial charge is 0.245 e. The second-order valence-corrected chi connectivity index (χ2v) is 6.44. The van der Waals surface area contributed by atoms with Crippen LogP contribution in [0.15, 0.2) is 53.1 Å². The van der Waals surface area contributed by atoms with Gasteiger partial charge in [-0.1, -0.05) is 52.7 Å². The van der Waals surface area contributed by atoms with Crippen molar-refractivity contribution < 1.29 is 4.52 Å². The Labute approximate surface area is 145 Å². The number of aromatic nitrogens is 2. The largest absolute Gasteiger partial charge is 0.337 e. The maximum Gasteiger partial charge on any atom is 0.245 e. The van der Waals surface area contributed by atoms with E-state index in [0.29, 0.717) is 11.7 Å². The molecule has 0 spiro atoms. The van der Waals surface area contributed by atoms with Crippen molar-refractivity contribution in [1.29, 1.82) is 0 Å². The van der Waals surface area contributed by atoms with E-state index in [-0.39, 0.29) is 12.1 Å². The normalized spacial score (nSPS) is 20.4. The van der Waals surface area contributed by atoms with Crippen LogP contribution in [0.2, 0.25) is 5.02 Å². The van der Waals surface area contributed by atoms with Gasteiger partial charge in [-0.3, -0.25) is 0 Å². The zero-order valence-electron chi connectivity index (χ0n) is 13.2. The van der Waals surface area contributed by atoms with E-state index in [1.807, 2.05) is 55.5 Å². The fraction of sp³-hybridized carbons (Fsp3) is 0.222. The molecule has 2 N–H and O–H groups in total. The molecule has 1 aliphatic heterocycles. The molecule has 0 amide bonds. The molecule has 2 aromatic carbocycles. The number of hydrogen-bond acceptors (Lipinski definition) is 5. The number of benzene rings is 2. The molecule has 2 unspecified atom stereocenters. The molecular formula is C18H17ClN4O. The van der Waals surface area contributed by atoms with Gasteiger partial charge in [0.1, 0.15) is 6.04 Å². The molecular weight excluding hydrogens is 324 g/mol. The number of rotatable bonds is 3. The van der Waals surface area contributed by atoms with Gasteiger partial charge in [0, 0.05) is 16.6 Å². The van der Waals surface area contributed by atoms with E-state index in [0.717, 1.165) is 17.0 Å². The van der Waals surface area contributed by atoms with Crippen LogP contribution in [0.5, 0.6) is 0 Å². The number of halogens is 1. The van der Waals surface area contributed by atoms with E-state index >= 15 is 0 Å². The van der Waals surface area contributed by atoms with Gasteiger partial charge >= 0.3 is 0 Å². The average molecular weight is 341 g/mol. The second kappa shape index (κ2) is 6.36. The number of nitrogens with zero attached hydrogens (tertiary/aromatic N) is 2. The first-order valence-electron chi connectivity index (χ1n) is 7.86. The Bertz CT molecular complexity index is 846. The number of hydrazine groups is 1. The fourth-order valence-electron chi connectivity index (χ4n) is 2.91. The predicted octanol–water partition coefficient (Wildman–Crippen LogP) is 3.98. The lowest BCUT2D eigenvalue weighted by Gasteiger charge is -2.08. The van der Waals surface area contributed by atoms with Crippen LogP contribution in [0.1, 0.15) is 35.5 Å². The van der Waals surface area contributed by atoms with Crippen molar-refractivity contribution >= 4 is 11.6 Å². The summed E-state index contributed by atoms with van der Waals surface area (Å²) in [6, 6.07) is 16.1. The maximum atomic E-state index is 5.95. The Hall–Kier alpha value is -2.21. The Morgan fingerprint density at radius 1 is 1.08 bits per heavy atom. The van der Waals surface area contributed by atoms with Crippen molar-refractivity contribution in [2.45, 2.75) is 25.4 Å². The van der Waals surface area contributed by atoms with Crippen LogP contribution in [0.3, 0.4) is 0 Å². The molecule has 122 valence electrons. The molecule has 0 saturated carbocycles. The van der Waals surface area contributed by atoms with Gasteiger partial charge < -0.3 is 4.52 Å². The van der Waals surface area contributed by atoms with Crippen LogP contribution in [0.25, 0.3) is 11.4 Å². The molecule has 0 aliphatic carbocycles. The SMILES string of the molecule is Cc1cccc(-c2noc(C3CC(c4ccc(Cl)cc4)NN3)n2)c1. The van der Waals surface area contributed by atoms with Gasteiger partial charge in [0.25, 0.3) is 0 Å². The van der Waals surface area contributed by atoms with Crippen molar-refractivity contribution in [3.8, 4) is 11.4 Å². The molecule has 0 radical (unpaired) electrons. The van der Waals surface area contributed by atoms with Crippen molar-refractivity contribution in [2.24, 2.45) is 0 Å². The van der Waals surface area contributed by atoms with Gasteiger partial charge in [0.05, 0.1) is 0 Å². The molecule has 1 aromatic heterocycles. The summed E-state index contributed by atoms with van der Waals surface area (Å²) in [4.78, 5) is 4.54. The lowest BCUT2D eigenvalue weighted by molar-refractivity contribution is 0.340. The standard InChI is InChI=1S/C18H17ClN4O/c1-11-3-2-4-13(9-11)17-20-18(24-23-17)16-10-15(21-22-16)12-5-7-14(19)8-6-12/h2-9,15-16,21-22H,10H2,1H3. The summed E-state index contributed by atoms with van der Waals surface area (Å²) >= 11 is 5.95. The second-order valence-electron chi connectivity index (χ2n) is 6.01. The maximum absolute atomic E-state index is 5.95. The summed E-state index contributed by atoms with van der Waals surface area (Å²) < 4.78 is 5.46. The molecule has 1 saturated heterocycles. The molecule has 3 aromatic rings. The van der Waals surface area contributed by atoms with Crippen LogP contribution in [0, 0.1) is 6.92 Å². The summed E-state index contributed by atoms with van der Waals surface area (Å²) in [5.74, 6) is 1.21. The van der Waals surface area contributed by atoms with Gasteiger partial charge in [-0.2, -0.15) is 4.98 Å². The van der Waals surface area contributed by atoms with Crippen LogP contribution >= 0.6 is 11.6 Å². The fourth-order valence-corrected chi connectivity index (χ4v) is 3.04. The zero-order chi connectivity index (χ0) is 16.5. The highest BCUT2D eigenvalue weighted by molar-refractivity contribution is 6.30. The summed E-state index contributed by atoms with van der Waals surface area (Å²) in [6.45, 7) is 2.05. The monoisotopic (exact) mass is 340 g/mol. The summed E-state index contributed by atoms with van der Waals surface area (Å²) in [5.41, 5.74) is 9.82. The van der Waals surface area contributed by atoms with E-state index in [4.69, 9.17) is 16.1 Å². The Balaban J connectivity index is 1.50. The van der Waals surface area contributed by atoms with Crippen molar-refractivity contribution in [3.63, 3.8) is 0 Å². The summed E-state index contributed by atoms with van der Waals surface area (Å²) in [7, 11) is 0. The molecule has 6 heteroatoms. The van der Waals surface area contributed by atoms with Crippen LogP contribution in [-0.2, 0) is 0 Å². The summed E-state index contributed by atoms with van der Waals surface area (Å²) in [6.07, 6.45) is 0.830. The third-order valence-electron chi connectivity index (χ3n) is 4.19. The quantitative estimate of drug-likeness (QED) is 0.755. The van der Waals surface area contributed by atoms with Gasteiger partial charge in [-0.25, -0.2) is 10.9 Å². The molecule has 4 rings (SSSR count). The molecule has 24 heavy (non-hydrogen) atoms. The lowest BCUT2D eigenvalue weighted by atomic mass is 10.0. The molecule has 1 aliphatic rings. The third kappa shape index (κ3) is 3.06. The highest BCUT2D eigenvalue weighted by Crippen LogP contribution is 2.31. The van der Waals surface area contributed by atoms with E-state index in [2.05, 4.69) is 21.0 Å². The number of aryl methyl sites for hydroxylation is 1. The molecule has 1 fully saturated rings. The Kier molecular flexibility index (Phi) is 4.06. The first kappa shape index (κ1) is 15.3. The molecule has 0 bridgehead atoms. The third-order valence-corrected chi connectivity index (χ3v) is 4.44. The Morgan fingerprint density at radius 3 is 2.67 bits per heavy atom. The first-order chi connectivity index (χ1) is 11.7. The highest BCUT2D eigenvalue weighted by atomic mass is 35.5. The van der Waals surface area contributed by atoms with Gasteiger partial charge in [-0.05, 0) is 37.1 Å². The van der Waals surface area contributed by atoms with Gasteiger partial charge in [0.15, 0.2) is 0 Å². The molecule has 5 nitrogen and oxygen atoms in total. The zero-order valence-corrected chi connectivity index (χ0v) is 13.9. The number of hydrogen-bond donors (Lipinski definition) is 2. The van der Waals surface area contributed by atoms with Crippen LogP contribution < -0.4 is 10.9 Å². The molecule has 2 heterocycles. The highest BCUT2D eigenvalue weighted by Gasteiger charge is 2.30. The minimum absolute atomic E-state index is 0.0169. The van der Waals surface area contributed by atoms with E-state index in [9.17, 15) is 0 Å². The van der Waals surface area contributed by atoms with Crippen LogP contribution in [0.4, 0.5) is 0 Å². The average Bonchev–Trinajstić information content (AvgIpc) is 3.25. The predicted molar refractivity (Wildman–Crippen MR) is 92.3 cm³/mol. The van der Waals surface area contributed by atoms with E-state index in [1.54, 1.807) is 0 Å². The van der Waals surface area contributed by atoms with Crippen LogP contribution in [-0.4, -0.2) is 10.1 Å². The van der Waals surface area contributed by atoms with E-state index < -0.39 is 0 Å². The first-order valence-corrected chi connectivity index (χ1v) is 8.24. The minimum atomic E-state index is -0.0169. The van der Waals surface area contributed by atoms with Crippen molar-refractivity contribution in [1.82, 2.24) is 21.0 Å².